The summed E-state index contributed by atoms with van der Waals surface area (Å²) in [4.78, 5) is 14.6. The van der Waals surface area contributed by atoms with Gasteiger partial charge in [0.2, 0.25) is 10.0 Å². The summed E-state index contributed by atoms with van der Waals surface area (Å²) in [6, 6.07) is 12.6. The number of rotatable bonds is 6. The van der Waals surface area contributed by atoms with Crippen LogP contribution in [-0.4, -0.2) is 33.5 Å². The van der Waals surface area contributed by atoms with Gasteiger partial charge in [0.05, 0.1) is 4.90 Å². The molecular formula is C22H26N2O4S. The molecule has 154 valence electrons. The molecule has 2 aliphatic rings. The Kier molecular flexibility index (Phi) is 5.61. The van der Waals surface area contributed by atoms with E-state index in [1.54, 1.807) is 23.1 Å². The van der Waals surface area contributed by atoms with Gasteiger partial charge in [-0.15, -0.1) is 0 Å². The van der Waals surface area contributed by atoms with Crippen molar-refractivity contribution in [1.29, 1.82) is 0 Å². The molecule has 0 atom stereocenters. The zero-order chi connectivity index (χ0) is 20.4. The minimum absolute atomic E-state index is 0.0326. The number of carbonyl (C=O) groups excluding carboxylic acids is 1. The highest BCUT2D eigenvalue weighted by Gasteiger charge is 2.28. The molecule has 0 spiro atoms. The quantitative estimate of drug-likeness (QED) is 0.788. The normalized spacial score (nSPS) is 16.8. The number of hydrogen-bond donors (Lipinski definition) is 1. The minimum Gasteiger partial charge on any atom is -0.484 e. The van der Waals surface area contributed by atoms with Crippen LogP contribution in [0.5, 0.6) is 5.75 Å². The van der Waals surface area contributed by atoms with Crippen molar-refractivity contribution in [2.75, 3.05) is 18.1 Å². The molecule has 2 aromatic rings. The number of hydrogen-bond acceptors (Lipinski definition) is 4. The standard InChI is InChI=1S/C22H26N2O4S/c1-16-6-8-19(9-7-16)28-15-22(25)24-13-12-17-14-20(10-11-21(17)24)29(26,27)23-18-4-2-3-5-18/h6-11,14,18,23H,2-5,12-13,15H2,1H3. The molecule has 0 unspecified atom stereocenters. The second-order valence-corrected chi connectivity index (χ2v) is 9.50. The molecule has 1 aliphatic carbocycles. The molecule has 2 aromatic carbocycles. The molecule has 1 aliphatic heterocycles. The number of nitrogens with zero attached hydrogens (tertiary/aromatic N) is 1. The van der Waals surface area contributed by atoms with E-state index >= 15 is 0 Å². The highest BCUT2D eigenvalue weighted by molar-refractivity contribution is 7.89. The van der Waals surface area contributed by atoms with E-state index in [1.807, 2.05) is 31.2 Å². The van der Waals surface area contributed by atoms with Gasteiger partial charge >= 0.3 is 0 Å². The van der Waals surface area contributed by atoms with Crippen molar-refractivity contribution in [3.05, 3.63) is 53.6 Å². The lowest BCUT2D eigenvalue weighted by atomic mass is 10.2. The van der Waals surface area contributed by atoms with Gasteiger partial charge in [0.25, 0.3) is 5.91 Å². The summed E-state index contributed by atoms with van der Waals surface area (Å²) in [5.74, 6) is 0.520. The number of fused-ring (bicyclic) bond motifs is 1. The maximum absolute atomic E-state index is 12.7. The maximum atomic E-state index is 12.7. The highest BCUT2D eigenvalue weighted by Crippen LogP contribution is 2.31. The number of anilines is 1. The summed E-state index contributed by atoms with van der Waals surface area (Å²) < 4.78 is 33.8. The van der Waals surface area contributed by atoms with Crippen LogP contribution in [0.15, 0.2) is 47.4 Å². The Bertz CT molecular complexity index is 996. The van der Waals surface area contributed by atoms with Crippen LogP contribution in [0, 0.1) is 6.92 Å². The lowest BCUT2D eigenvalue weighted by molar-refractivity contribution is -0.120. The lowest BCUT2D eigenvalue weighted by Gasteiger charge is -2.18. The second kappa shape index (κ2) is 8.16. The third-order valence-corrected chi connectivity index (χ3v) is 7.14. The van der Waals surface area contributed by atoms with Crippen LogP contribution in [0.25, 0.3) is 0 Å². The van der Waals surface area contributed by atoms with Crippen molar-refractivity contribution in [3.8, 4) is 5.75 Å². The van der Waals surface area contributed by atoms with E-state index in [4.69, 9.17) is 4.74 Å². The zero-order valence-corrected chi connectivity index (χ0v) is 17.4. The molecular weight excluding hydrogens is 388 g/mol. The molecule has 7 heteroatoms. The van der Waals surface area contributed by atoms with E-state index in [2.05, 4.69) is 4.72 Å². The van der Waals surface area contributed by atoms with Crippen LogP contribution >= 0.6 is 0 Å². The SMILES string of the molecule is Cc1ccc(OCC(=O)N2CCc3cc(S(=O)(=O)NC4CCCC4)ccc32)cc1. The Morgan fingerprint density at radius 1 is 1.14 bits per heavy atom. The van der Waals surface area contributed by atoms with Crippen molar-refractivity contribution in [1.82, 2.24) is 4.72 Å². The molecule has 6 nitrogen and oxygen atoms in total. The fourth-order valence-electron chi connectivity index (χ4n) is 3.99. The number of benzene rings is 2. The van der Waals surface area contributed by atoms with E-state index < -0.39 is 10.0 Å². The maximum Gasteiger partial charge on any atom is 0.264 e. The molecule has 1 heterocycles. The van der Waals surface area contributed by atoms with E-state index in [0.717, 1.165) is 42.5 Å². The highest BCUT2D eigenvalue weighted by atomic mass is 32.2. The number of ether oxygens (including phenoxy) is 1. The summed E-state index contributed by atoms with van der Waals surface area (Å²) in [5.41, 5.74) is 2.77. The molecule has 0 saturated heterocycles. The fourth-order valence-corrected chi connectivity index (χ4v) is 5.35. The molecule has 4 rings (SSSR count). The van der Waals surface area contributed by atoms with Gasteiger partial charge in [-0.1, -0.05) is 30.5 Å². The van der Waals surface area contributed by atoms with Crippen molar-refractivity contribution in [2.24, 2.45) is 0 Å². The van der Waals surface area contributed by atoms with E-state index in [9.17, 15) is 13.2 Å². The Morgan fingerprint density at radius 3 is 2.59 bits per heavy atom. The van der Waals surface area contributed by atoms with Gasteiger partial charge in [-0.3, -0.25) is 4.79 Å². The predicted octanol–water partition coefficient (Wildman–Crippen LogP) is 3.18. The van der Waals surface area contributed by atoms with Gasteiger partial charge in [0, 0.05) is 18.3 Å². The average molecular weight is 415 g/mol. The average Bonchev–Trinajstić information content (AvgIpc) is 3.36. The molecule has 1 saturated carbocycles. The summed E-state index contributed by atoms with van der Waals surface area (Å²) in [6.45, 7) is 2.48. The van der Waals surface area contributed by atoms with Gasteiger partial charge in [-0.25, -0.2) is 13.1 Å². The zero-order valence-electron chi connectivity index (χ0n) is 16.6. The molecule has 0 radical (unpaired) electrons. The number of sulfonamides is 1. The molecule has 0 aromatic heterocycles. The number of carbonyl (C=O) groups is 1. The minimum atomic E-state index is -3.53. The Hall–Kier alpha value is -2.38. The van der Waals surface area contributed by atoms with E-state index in [0.29, 0.717) is 18.7 Å². The van der Waals surface area contributed by atoms with Gasteiger partial charge in [0.1, 0.15) is 5.75 Å². The number of aryl methyl sites for hydroxylation is 1. The first-order chi connectivity index (χ1) is 13.9. The van der Waals surface area contributed by atoms with Gasteiger partial charge in [0.15, 0.2) is 6.61 Å². The first-order valence-corrected chi connectivity index (χ1v) is 11.6. The van der Waals surface area contributed by atoms with Crippen LogP contribution in [0.2, 0.25) is 0 Å². The Labute approximate surface area is 171 Å². The molecule has 1 fully saturated rings. The van der Waals surface area contributed by atoms with Crippen LogP contribution < -0.4 is 14.4 Å². The second-order valence-electron chi connectivity index (χ2n) is 7.79. The first kappa shape index (κ1) is 19.9. The molecule has 1 N–H and O–H groups in total. The molecule has 29 heavy (non-hydrogen) atoms. The predicted molar refractivity (Wildman–Crippen MR) is 112 cm³/mol. The van der Waals surface area contributed by atoms with Crippen LogP contribution in [-0.2, 0) is 21.2 Å². The largest absolute Gasteiger partial charge is 0.484 e. The summed E-state index contributed by atoms with van der Waals surface area (Å²) in [5, 5.41) is 0. The van der Waals surface area contributed by atoms with E-state index in [-0.39, 0.29) is 23.5 Å². The van der Waals surface area contributed by atoms with Gasteiger partial charge in [-0.05, 0) is 62.1 Å². The van der Waals surface area contributed by atoms with Crippen molar-refractivity contribution >= 4 is 21.6 Å². The third-order valence-electron chi connectivity index (χ3n) is 5.62. The van der Waals surface area contributed by atoms with Crippen molar-refractivity contribution < 1.29 is 17.9 Å². The van der Waals surface area contributed by atoms with E-state index in [1.165, 1.54) is 0 Å². The van der Waals surface area contributed by atoms with Gasteiger partial charge < -0.3 is 9.64 Å². The topological polar surface area (TPSA) is 75.7 Å². The third kappa shape index (κ3) is 4.46. The van der Waals surface area contributed by atoms with Crippen LogP contribution in [0.3, 0.4) is 0 Å². The number of nitrogens with one attached hydrogen (secondary N) is 1. The smallest absolute Gasteiger partial charge is 0.264 e. The Balaban J connectivity index is 1.43. The molecule has 0 bridgehead atoms. The first-order valence-electron chi connectivity index (χ1n) is 10.1. The van der Waals surface area contributed by atoms with Crippen LogP contribution in [0.4, 0.5) is 5.69 Å². The lowest BCUT2D eigenvalue weighted by Crippen LogP contribution is -2.33. The summed E-state index contributed by atoms with van der Waals surface area (Å²) >= 11 is 0. The molecule has 1 amide bonds. The van der Waals surface area contributed by atoms with Crippen molar-refractivity contribution in [3.63, 3.8) is 0 Å². The fraction of sp³-hybridized carbons (Fsp3) is 0.409. The number of amides is 1. The Morgan fingerprint density at radius 2 is 1.86 bits per heavy atom. The monoisotopic (exact) mass is 414 g/mol. The summed E-state index contributed by atoms with van der Waals surface area (Å²) in [7, 11) is -3.53. The summed E-state index contributed by atoms with van der Waals surface area (Å²) in [6.07, 6.45) is 4.57. The van der Waals surface area contributed by atoms with Crippen molar-refractivity contribution in [2.45, 2.75) is 50.0 Å². The van der Waals surface area contributed by atoms with Gasteiger partial charge in [-0.2, -0.15) is 0 Å². The van der Waals surface area contributed by atoms with Crippen LogP contribution in [0.1, 0.15) is 36.8 Å².